The highest BCUT2D eigenvalue weighted by Gasteiger charge is 1.99. The predicted octanol–water partition coefficient (Wildman–Crippen LogP) is 4.42. The molecule has 1 aromatic heterocycles. The summed E-state index contributed by atoms with van der Waals surface area (Å²) in [6, 6.07) is 7.92. The summed E-state index contributed by atoms with van der Waals surface area (Å²) in [5, 5.41) is 4.02. The lowest BCUT2D eigenvalue weighted by atomic mass is 10.2. The summed E-state index contributed by atoms with van der Waals surface area (Å²) in [6.07, 6.45) is 3.71. The summed E-state index contributed by atoms with van der Waals surface area (Å²) >= 11 is 9.39. The third-order valence-corrected chi connectivity index (χ3v) is 3.58. The summed E-state index contributed by atoms with van der Waals surface area (Å²) in [5.74, 6) is 0. The Morgan fingerprint density at radius 1 is 1.29 bits per heavy atom. The molecule has 0 fully saturated rings. The van der Waals surface area contributed by atoms with Gasteiger partial charge in [-0.1, -0.05) is 17.7 Å². The molecule has 0 unspecified atom stereocenters. The first-order valence-electron chi connectivity index (χ1n) is 5.24. The average molecular weight is 312 g/mol. The van der Waals surface area contributed by atoms with Crippen molar-refractivity contribution in [2.75, 3.05) is 5.32 Å². The van der Waals surface area contributed by atoms with E-state index in [2.05, 4.69) is 32.3 Å². The van der Waals surface area contributed by atoms with E-state index in [4.69, 9.17) is 11.6 Å². The van der Waals surface area contributed by atoms with Gasteiger partial charge in [0.15, 0.2) is 0 Å². The van der Waals surface area contributed by atoms with E-state index < -0.39 is 0 Å². The highest BCUT2D eigenvalue weighted by atomic mass is 79.9. The average Bonchev–Trinajstić information content (AvgIpc) is 2.31. The van der Waals surface area contributed by atoms with E-state index in [0.717, 1.165) is 27.8 Å². The van der Waals surface area contributed by atoms with E-state index in [-0.39, 0.29) is 0 Å². The van der Waals surface area contributed by atoms with Crippen LogP contribution in [0.1, 0.15) is 11.1 Å². The summed E-state index contributed by atoms with van der Waals surface area (Å²) < 4.78 is 0.905. The second-order valence-corrected chi connectivity index (χ2v) is 5.11. The number of anilines is 1. The summed E-state index contributed by atoms with van der Waals surface area (Å²) in [7, 11) is 0. The monoisotopic (exact) mass is 310 g/mol. The fourth-order valence-electron chi connectivity index (χ4n) is 1.52. The molecule has 1 heterocycles. The minimum atomic E-state index is 0.706. The van der Waals surface area contributed by atoms with Crippen LogP contribution in [0.15, 0.2) is 41.1 Å². The SMILES string of the molecule is Cc1cncc(CNc2ccc(Br)c(Cl)c2)c1. The van der Waals surface area contributed by atoms with Gasteiger partial charge in [-0.05, 0) is 52.2 Å². The Morgan fingerprint density at radius 2 is 2.12 bits per heavy atom. The molecule has 17 heavy (non-hydrogen) atoms. The molecule has 0 spiro atoms. The normalized spacial score (nSPS) is 10.3. The van der Waals surface area contributed by atoms with Gasteiger partial charge in [0.25, 0.3) is 0 Å². The molecule has 0 aliphatic heterocycles. The van der Waals surface area contributed by atoms with Crippen LogP contribution in [0, 0.1) is 6.92 Å². The van der Waals surface area contributed by atoms with Crippen LogP contribution < -0.4 is 5.32 Å². The number of benzene rings is 1. The molecule has 0 saturated heterocycles. The second kappa shape index (κ2) is 5.52. The van der Waals surface area contributed by atoms with Crippen LogP contribution in [-0.2, 0) is 6.54 Å². The van der Waals surface area contributed by atoms with Gasteiger partial charge in [0, 0.05) is 29.1 Å². The molecule has 4 heteroatoms. The summed E-state index contributed by atoms with van der Waals surface area (Å²) in [5.41, 5.74) is 3.32. The quantitative estimate of drug-likeness (QED) is 0.907. The summed E-state index contributed by atoms with van der Waals surface area (Å²) in [6.45, 7) is 2.78. The minimum Gasteiger partial charge on any atom is -0.381 e. The molecule has 0 amide bonds. The molecular weight excluding hydrogens is 300 g/mol. The first kappa shape index (κ1) is 12.4. The standard InChI is InChI=1S/C13H12BrClN2/c1-9-4-10(7-16-6-9)8-17-11-2-3-12(14)13(15)5-11/h2-7,17H,8H2,1H3. The van der Waals surface area contributed by atoms with Crippen LogP contribution in [0.25, 0.3) is 0 Å². The molecule has 0 aliphatic rings. The van der Waals surface area contributed by atoms with E-state index in [1.807, 2.05) is 37.5 Å². The molecule has 0 atom stereocenters. The van der Waals surface area contributed by atoms with Gasteiger partial charge in [-0.3, -0.25) is 4.98 Å². The van der Waals surface area contributed by atoms with Crippen LogP contribution in [0.5, 0.6) is 0 Å². The zero-order chi connectivity index (χ0) is 12.3. The number of aromatic nitrogens is 1. The fraction of sp³-hybridized carbons (Fsp3) is 0.154. The van der Waals surface area contributed by atoms with Crippen LogP contribution in [-0.4, -0.2) is 4.98 Å². The number of aryl methyl sites for hydroxylation is 1. The van der Waals surface area contributed by atoms with Gasteiger partial charge < -0.3 is 5.32 Å². The maximum atomic E-state index is 6.02. The third kappa shape index (κ3) is 3.45. The van der Waals surface area contributed by atoms with Gasteiger partial charge >= 0.3 is 0 Å². The lowest BCUT2D eigenvalue weighted by Gasteiger charge is -2.07. The number of rotatable bonds is 3. The van der Waals surface area contributed by atoms with Crippen molar-refractivity contribution in [1.82, 2.24) is 4.98 Å². The van der Waals surface area contributed by atoms with Gasteiger partial charge in [-0.15, -0.1) is 0 Å². The Morgan fingerprint density at radius 3 is 2.82 bits per heavy atom. The zero-order valence-corrected chi connectivity index (χ0v) is 11.7. The Labute approximate surface area is 114 Å². The van der Waals surface area contributed by atoms with Gasteiger partial charge in [0.2, 0.25) is 0 Å². The Kier molecular flexibility index (Phi) is 4.02. The van der Waals surface area contributed by atoms with Gasteiger partial charge in [0.05, 0.1) is 5.02 Å². The van der Waals surface area contributed by atoms with Gasteiger partial charge in [-0.25, -0.2) is 0 Å². The molecule has 0 saturated carbocycles. The zero-order valence-electron chi connectivity index (χ0n) is 9.37. The molecule has 2 aromatic rings. The van der Waals surface area contributed by atoms with Crippen molar-refractivity contribution >= 4 is 33.2 Å². The Bertz CT molecular complexity index is 529. The topological polar surface area (TPSA) is 24.9 Å². The smallest absolute Gasteiger partial charge is 0.0568 e. The number of pyridine rings is 1. The third-order valence-electron chi connectivity index (χ3n) is 2.35. The van der Waals surface area contributed by atoms with E-state index in [9.17, 15) is 0 Å². The fourth-order valence-corrected chi connectivity index (χ4v) is 1.95. The van der Waals surface area contributed by atoms with Crippen LogP contribution in [0.4, 0.5) is 5.69 Å². The minimum absolute atomic E-state index is 0.706. The number of hydrogen-bond donors (Lipinski definition) is 1. The molecule has 2 rings (SSSR count). The van der Waals surface area contributed by atoms with Crippen molar-refractivity contribution in [3.8, 4) is 0 Å². The highest BCUT2D eigenvalue weighted by molar-refractivity contribution is 9.10. The van der Waals surface area contributed by atoms with E-state index in [1.165, 1.54) is 0 Å². The first-order chi connectivity index (χ1) is 8.15. The lowest BCUT2D eigenvalue weighted by Crippen LogP contribution is -2.00. The van der Waals surface area contributed by atoms with Crippen molar-refractivity contribution in [2.45, 2.75) is 13.5 Å². The van der Waals surface area contributed by atoms with Gasteiger partial charge in [-0.2, -0.15) is 0 Å². The van der Waals surface area contributed by atoms with Gasteiger partial charge in [0.1, 0.15) is 0 Å². The molecule has 1 N–H and O–H groups in total. The molecule has 88 valence electrons. The van der Waals surface area contributed by atoms with Crippen molar-refractivity contribution in [3.05, 3.63) is 57.3 Å². The molecule has 0 radical (unpaired) electrons. The van der Waals surface area contributed by atoms with E-state index in [1.54, 1.807) is 0 Å². The molecule has 2 nitrogen and oxygen atoms in total. The Balaban J connectivity index is 2.05. The van der Waals surface area contributed by atoms with Crippen molar-refractivity contribution < 1.29 is 0 Å². The maximum Gasteiger partial charge on any atom is 0.0568 e. The molecule has 0 bridgehead atoms. The highest BCUT2D eigenvalue weighted by Crippen LogP contribution is 2.25. The van der Waals surface area contributed by atoms with Crippen molar-refractivity contribution in [1.29, 1.82) is 0 Å². The van der Waals surface area contributed by atoms with E-state index >= 15 is 0 Å². The lowest BCUT2D eigenvalue weighted by molar-refractivity contribution is 1.10. The number of nitrogens with one attached hydrogen (secondary N) is 1. The van der Waals surface area contributed by atoms with Crippen molar-refractivity contribution in [2.24, 2.45) is 0 Å². The number of halogens is 2. The van der Waals surface area contributed by atoms with Crippen molar-refractivity contribution in [3.63, 3.8) is 0 Å². The Hall–Kier alpha value is -1.06. The number of nitrogens with zero attached hydrogens (tertiary/aromatic N) is 1. The predicted molar refractivity (Wildman–Crippen MR) is 75.5 cm³/mol. The molecule has 0 aliphatic carbocycles. The summed E-state index contributed by atoms with van der Waals surface area (Å²) in [4.78, 5) is 4.15. The van der Waals surface area contributed by atoms with Crippen LogP contribution in [0.2, 0.25) is 5.02 Å². The van der Waals surface area contributed by atoms with E-state index in [0.29, 0.717) is 5.02 Å². The molecular formula is C13H12BrClN2. The van der Waals surface area contributed by atoms with Crippen LogP contribution in [0.3, 0.4) is 0 Å². The molecule has 1 aromatic carbocycles. The maximum absolute atomic E-state index is 6.02. The largest absolute Gasteiger partial charge is 0.381 e. The van der Waals surface area contributed by atoms with Crippen LogP contribution >= 0.6 is 27.5 Å². The first-order valence-corrected chi connectivity index (χ1v) is 6.42. The number of hydrogen-bond acceptors (Lipinski definition) is 2. The second-order valence-electron chi connectivity index (χ2n) is 3.85.